The average Bonchev–Trinajstić information content (AvgIpc) is 2.82. The van der Waals surface area contributed by atoms with Crippen LogP contribution in [0.25, 0.3) is 11.0 Å². The molecule has 2 aromatic heterocycles. The van der Waals surface area contributed by atoms with Gasteiger partial charge in [-0.1, -0.05) is 6.07 Å². The standard InChI is InChI=1S/C16H15N3O2/c1-19-14-6-5-12(16(20)21)9-13(14)18-15(19)7-4-11-3-2-8-17-10-11/h2-3,5-6,8-10H,4,7H2,1H3,(H,20,21). The first-order valence-electron chi connectivity index (χ1n) is 6.72. The van der Waals surface area contributed by atoms with Gasteiger partial charge in [-0.15, -0.1) is 0 Å². The van der Waals surface area contributed by atoms with Crippen LogP contribution in [-0.4, -0.2) is 25.6 Å². The second-order valence-corrected chi connectivity index (χ2v) is 4.96. The predicted molar refractivity (Wildman–Crippen MR) is 79.3 cm³/mol. The summed E-state index contributed by atoms with van der Waals surface area (Å²) < 4.78 is 2.01. The Morgan fingerprint density at radius 1 is 1.29 bits per heavy atom. The van der Waals surface area contributed by atoms with Gasteiger partial charge in [0.15, 0.2) is 0 Å². The third kappa shape index (κ3) is 2.63. The molecule has 0 spiro atoms. The van der Waals surface area contributed by atoms with Crippen molar-refractivity contribution in [1.82, 2.24) is 14.5 Å². The summed E-state index contributed by atoms with van der Waals surface area (Å²) in [5.41, 5.74) is 3.09. The summed E-state index contributed by atoms with van der Waals surface area (Å²) >= 11 is 0. The topological polar surface area (TPSA) is 68.0 Å². The zero-order chi connectivity index (χ0) is 14.8. The number of pyridine rings is 1. The van der Waals surface area contributed by atoms with Gasteiger partial charge in [0.2, 0.25) is 0 Å². The minimum Gasteiger partial charge on any atom is -0.478 e. The number of carboxylic acid groups (broad SMARTS) is 1. The van der Waals surface area contributed by atoms with Crippen molar-refractivity contribution in [3.05, 3.63) is 59.7 Å². The molecule has 0 saturated heterocycles. The van der Waals surface area contributed by atoms with Crippen LogP contribution in [0.15, 0.2) is 42.7 Å². The van der Waals surface area contributed by atoms with Crippen molar-refractivity contribution in [2.24, 2.45) is 7.05 Å². The maximum atomic E-state index is 11.0. The van der Waals surface area contributed by atoms with Crippen molar-refractivity contribution in [2.45, 2.75) is 12.8 Å². The van der Waals surface area contributed by atoms with Gasteiger partial charge in [0.25, 0.3) is 0 Å². The molecule has 2 heterocycles. The van der Waals surface area contributed by atoms with E-state index in [9.17, 15) is 4.79 Å². The van der Waals surface area contributed by atoms with Crippen LogP contribution in [0.3, 0.4) is 0 Å². The van der Waals surface area contributed by atoms with Crippen LogP contribution in [0.2, 0.25) is 0 Å². The molecule has 0 bridgehead atoms. The van der Waals surface area contributed by atoms with Crippen LogP contribution in [0.4, 0.5) is 0 Å². The van der Waals surface area contributed by atoms with Crippen molar-refractivity contribution >= 4 is 17.0 Å². The third-order valence-electron chi connectivity index (χ3n) is 3.58. The fourth-order valence-corrected chi connectivity index (χ4v) is 2.41. The number of aromatic carboxylic acids is 1. The zero-order valence-electron chi connectivity index (χ0n) is 11.7. The average molecular weight is 281 g/mol. The summed E-state index contributed by atoms with van der Waals surface area (Å²) in [6, 6.07) is 8.99. The van der Waals surface area contributed by atoms with E-state index in [1.807, 2.05) is 29.9 Å². The van der Waals surface area contributed by atoms with Gasteiger partial charge < -0.3 is 9.67 Å². The molecule has 0 saturated carbocycles. The normalized spacial score (nSPS) is 10.9. The number of carbonyl (C=O) groups is 1. The predicted octanol–water partition coefficient (Wildman–Crippen LogP) is 2.45. The first-order valence-corrected chi connectivity index (χ1v) is 6.72. The van der Waals surface area contributed by atoms with E-state index >= 15 is 0 Å². The highest BCUT2D eigenvalue weighted by atomic mass is 16.4. The van der Waals surface area contributed by atoms with Crippen LogP contribution in [0.5, 0.6) is 0 Å². The highest BCUT2D eigenvalue weighted by Crippen LogP contribution is 2.18. The van der Waals surface area contributed by atoms with Crippen LogP contribution < -0.4 is 0 Å². The van der Waals surface area contributed by atoms with Crippen LogP contribution in [0, 0.1) is 0 Å². The summed E-state index contributed by atoms with van der Waals surface area (Å²) in [5, 5.41) is 9.03. The van der Waals surface area contributed by atoms with E-state index in [1.165, 1.54) is 0 Å². The van der Waals surface area contributed by atoms with E-state index in [0.717, 1.165) is 35.3 Å². The van der Waals surface area contributed by atoms with Gasteiger partial charge in [0.1, 0.15) is 5.82 Å². The maximum Gasteiger partial charge on any atom is 0.335 e. The molecule has 0 fully saturated rings. The Hall–Kier alpha value is -2.69. The summed E-state index contributed by atoms with van der Waals surface area (Å²) in [7, 11) is 1.95. The number of hydrogen-bond acceptors (Lipinski definition) is 3. The minimum absolute atomic E-state index is 0.263. The molecule has 0 amide bonds. The summed E-state index contributed by atoms with van der Waals surface area (Å²) in [6.45, 7) is 0. The molecule has 0 aliphatic carbocycles. The number of aryl methyl sites for hydroxylation is 3. The van der Waals surface area contributed by atoms with Crippen molar-refractivity contribution in [1.29, 1.82) is 0 Å². The number of imidazole rings is 1. The van der Waals surface area contributed by atoms with Crippen molar-refractivity contribution in [3.63, 3.8) is 0 Å². The number of hydrogen-bond donors (Lipinski definition) is 1. The molecule has 0 unspecified atom stereocenters. The molecule has 3 rings (SSSR count). The lowest BCUT2D eigenvalue weighted by Gasteiger charge is -2.02. The smallest absolute Gasteiger partial charge is 0.335 e. The molecule has 0 aliphatic rings. The fourth-order valence-electron chi connectivity index (χ4n) is 2.41. The SMILES string of the molecule is Cn1c(CCc2cccnc2)nc2cc(C(=O)O)ccc21. The molecule has 3 aromatic rings. The van der Waals surface area contributed by atoms with Gasteiger partial charge in [-0.25, -0.2) is 9.78 Å². The quantitative estimate of drug-likeness (QED) is 0.797. The van der Waals surface area contributed by atoms with Gasteiger partial charge in [-0.2, -0.15) is 0 Å². The maximum absolute atomic E-state index is 11.0. The molecule has 5 nitrogen and oxygen atoms in total. The Labute approximate surface area is 121 Å². The van der Waals surface area contributed by atoms with E-state index in [-0.39, 0.29) is 5.56 Å². The molecule has 1 aromatic carbocycles. The van der Waals surface area contributed by atoms with Gasteiger partial charge in [-0.05, 0) is 36.2 Å². The first kappa shape index (κ1) is 13.3. The highest BCUT2D eigenvalue weighted by Gasteiger charge is 2.10. The largest absolute Gasteiger partial charge is 0.478 e. The summed E-state index contributed by atoms with van der Waals surface area (Å²) in [5.74, 6) is 0.0101. The minimum atomic E-state index is -0.931. The van der Waals surface area contributed by atoms with Crippen LogP contribution >= 0.6 is 0 Å². The number of aromatic nitrogens is 3. The molecule has 0 radical (unpaired) electrons. The van der Waals surface area contributed by atoms with Crippen LogP contribution in [-0.2, 0) is 19.9 Å². The lowest BCUT2D eigenvalue weighted by Crippen LogP contribution is -2.00. The molecule has 0 aliphatic heterocycles. The number of rotatable bonds is 4. The van der Waals surface area contributed by atoms with E-state index in [1.54, 1.807) is 24.4 Å². The first-order chi connectivity index (χ1) is 10.1. The van der Waals surface area contributed by atoms with Crippen molar-refractivity contribution in [3.8, 4) is 0 Å². The van der Waals surface area contributed by atoms with Crippen LogP contribution in [0.1, 0.15) is 21.7 Å². The van der Waals surface area contributed by atoms with Crippen molar-refractivity contribution < 1.29 is 9.90 Å². The zero-order valence-corrected chi connectivity index (χ0v) is 11.7. The van der Waals surface area contributed by atoms with Gasteiger partial charge >= 0.3 is 5.97 Å². The van der Waals surface area contributed by atoms with E-state index in [0.29, 0.717) is 0 Å². The second kappa shape index (κ2) is 5.36. The lowest BCUT2D eigenvalue weighted by molar-refractivity contribution is 0.0697. The number of fused-ring (bicyclic) bond motifs is 1. The lowest BCUT2D eigenvalue weighted by atomic mass is 10.1. The number of benzene rings is 1. The second-order valence-electron chi connectivity index (χ2n) is 4.96. The van der Waals surface area contributed by atoms with Gasteiger partial charge in [-0.3, -0.25) is 4.98 Å². The van der Waals surface area contributed by atoms with Gasteiger partial charge in [0, 0.05) is 25.9 Å². The molecule has 21 heavy (non-hydrogen) atoms. The van der Waals surface area contributed by atoms with Gasteiger partial charge in [0.05, 0.1) is 16.6 Å². The Bertz CT molecular complexity index is 794. The molecular formula is C16H15N3O2. The number of carboxylic acids is 1. The summed E-state index contributed by atoms with van der Waals surface area (Å²) in [4.78, 5) is 19.7. The Kier molecular flexibility index (Phi) is 3.39. The van der Waals surface area contributed by atoms with E-state index in [4.69, 9.17) is 5.11 Å². The molecule has 0 atom stereocenters. The third-order valence-corrected chi connectivity index (χ3v) is 3.58. The molecule has 106 valence electrons. The van der Waals surface area contributed by atoms with E-state index in [2.05, 4.69) is 9.97 Å². The van der Waals surface area contributed by atoms with Crippen molar-refractivity contribution in [2.75, 3.05) is 0 Å². The van der Waals surface area contributed by atoms with E-state index < -0.39 is 5.97 Å². The number of nitrogens with zero attached hydrogens (tertiary/aromatic N) is 3. The fraction of sp³-hybridized carbons (Fsp3) is 0.188. The summed E-state index contributed by atoms with van der Waals surface area (Å²) in [6.07, 6.45) is 5.26. The Balaban J connectivity index is 1.89. The monoisotopic (exact) mass is 281 g/mol. The Morgan fingerprint density at radius 2 is 2.14 bits per heavy atom. The molecular weight excluding hydrogens is 266 g/mol. The molecule has 5 heteroatoms. The Morgan fingerprint density at radius 3 is 2.86 bits per heavy atom. The highest BCUT2D eigenvalue weighted by molar-refractivity contribution is 5.92. The molecule has 1 N–H and O–H groups in total.